The molecule has 0 radical (unpaired) electrons. The molecule has 1 aliphatic rings. The topological polar surface area (TPSA) is 42.3 Å². The van der Waals surface area contributed by atoms with E-state index in [1.165, 1.54) is 12.1 Å². The van der Waals surface area contributed by atoms with E-state index in [0.29, 0.717) is 34.1 Å². The zero-order chi connectivity index (χ0) is 31.0. The van der Waals surface area contributed by atoms with E-state index in [1.807, 2.05) is 0 Å². The van der Waals surface area contributed by atoms with E-state index in [4.69, 9.17) is 0 Å². The fraction of sp³-hybridized carbons (Fsp3) is 0.0588. The zero-order valence-electron chi connectivity index (χ0n) is 22.4. The van der Waals surface area contributed by atoms with Crippen LogP contribution in [0.1, 0.15) is 31.8 Å². The molecule has 0 spiro atoms. The number of nitrogens with zero attached hydrogens (tertiary/aromatic N) is 2. The number of hydrogen-bond acceptors (Lipinski definition) is 2. The van der Waals surface area contributed by atoms with Gasteiger partial charge in [0, 0.05) is 16.3 Å². The predicted molar refractivity (Wildman–Crippen MR) is 154 cm³/mol. The van der Waals surface area contributed by atoms with Crippen LogP contribution in [0.2, 0.25) is 0 Å². The minimum absolute atomic E-state index is 0.0684. The number of para-hydroxylation sites is 3. The summed E-state index contributed by atoms with van der Waals surface area (Å²) in [4.78, 5) is 28.4. The van der Waals surface area contributed by atoms with Crippen molar-refractivity contribution < 1.29 is 35.9 Å². The number of halogens is 6. The van der Waals surface area contributed by atoms with Crippen molar-refractivity contribution in [2.75, 3.05) is 4.90 Å². The Kier molecular flexibility index (Phi) is 5.97. The molecular weight excluding hydrogens is 582 g/mol. The quantitative estimate of drug-likeness (QED) is 0.150. The summed E-state index contributed by atoms with van der Waals surface area (Å²) in [6, 6.07) is 26.2. The van der Waals surface area contributed by atoms with Gasteiger partial charge < -0.3 is 4.57 Å². The van der Waals surface area contributed by atoms with Crippen LogP contribution in [0.5, 0.6) is 0 Å². The first-order valence-electron chi connectivity index (χ1n) is 13.3. The summed E-state index contributed by atoms with van der Waals surface area (Å²) in [6.45, 7) is 0. The predicted octanol–water partition coefficient (Wildman–Crippen LogP) is 9.29. The number of carbonyl (C=O) groups excluding carboxylic acids is 2. The molecule has 5 aromatic carbocycles. The molecule has 0 saturated carbocycles. The maximum atomic E-state index is 13.9. The number of alkyl halides is 6. The molecule has 0 fully saturated rings. The van der Waals surface area contributed by atoms with Crippen molar-refractivity contribution in [1.82, 2.24) is 4.57 Å². The van der Waals surface area contributed by atoms with Gasteiger partial charge in [0.15, 0.2) is 0 Å². The van der Waals surface area contributed by atoms with Gasteiger partial charge >= 0.3 is 12.4 Å². The van der Waals surface area contributed by atoms with Crippen LogP contribution in [-0.2, 0) is 12.4 Å². The minimum Gasteiger partial charge on any atom is -0.308 e. The van der Waals surface area contributed by atoms with Crippen LogP contribution in [0, 0.1) is 0 Å². The van der Waals surface area contributed by atoms with Crippen LogP contribution in [-0.4, -0.2) is 16.4 Å². The van der Waals surface area contributed by atoms with E-state index < -0.39 is 35.3 Å². The highest BCUT2D eigenvalue weighted by molar-refractivity contribution is 6.35. The Hall–Kier alpha value is -5.38. The van der Waals surface area contributed by atoms with Crippen molar-refractivity contribution >= 4 is 39.3 Å². The van der Waals surface area contributed by atoms with Crippen LogP contribution >= 0.6 is 0 Å². The molecule has 2 amide bonds. The summed E-state index contributed by atoms with van der Waals surface area (Å²) in [5, 5.41) is 1.19. The standard InChI is InChI=1S/C34H18F6N2O2/c35-33(36,37)20-16-19(17-21(18-20)34(38,39)40)23-11-6-12-25-24-10-4-5-14-27(24)42(30(23)25)28-15-7-13-26-29(28)32(44)41(31(26)43)22-8-2-1-3-9-22/h1-18H. The normalized spacial score (nSPS) is 13.7. The molecule has 6 aromatic rings. The second kappa shape index (κ2) is 9.57. The van der Waals surface area contributed by atoms with E-state index in [-0.39, 0.29) is 39.5 Å². The number of imide groups is 1. The van der Waals surface area contributed by atoms with Crippen molar-refractivity contribution in [3.05, 3.63) is 131 Å². The number of hydrogen-bond donors (Lipinski definition) is 0. The molecule has 4 nitrogen and oxygen atoms in total. The maximum absolute atomic E-state index is 13.9. The van der Waals surface area contributed by atoms with E-state index in [2.05, 4.69) is 0 Å². The summed E-state index contributed by atoms with van der Waals surface area (Å²) < 4.78 is 84.7. The molecule has 1 aliphatic heterocycles. The third-order valence-electron chi connectivity index (χ3n) is 7.74. The summed E-state index contributed by atoms with van der Waals surface area (Å²) >= 11 is 0. The van der Waals surface area contributed by atoms with Crippen LogP contribution in [0.4, 0.5) is 32.0 Å². The van der Waals surface area contributed by atoms with Gasteiger partial charge in [-0.3, -0.25) is 9.59 Å². The van der Waals surface area contributed by atoms with Crippen LogP contribution in [0.15, 0.2) is 109 Å². The van der Waals surface area contributed by atoms with Gasteiger partial charge in [-0.05, 0) is 54.1 Å². The third-order valence-corrected chi connectivity index (χ3v) is 7.74. The smallest absolute Gasteiger partial charge is 0.308 e. The van der Waals surface area contributed by atoms with Crippen molar-refractivity contribution in [3.8, 4) is 16.8 Å². The Morgan fingerprint density at radius 2 is 1.14 bits per heavy atom. The number of anilines is 1. The summed E-state index contributed by atoms with van der Waals surface area (Å²) in [7, 11) is 0. The Balaban J connectivity index is 1.56. The first-order valence-corrected chi connectivity index (χ1v) is 13.3. The summed E-state index contributed by atoms with van der Waals surface area (Å²) in [5.41, 5.74) is -1.46. The van der Waals surface area contributed by atoms with E-state index in [0.717, 1.165) is 4.90 Å². The first kappa shape index (κ1) is 27.5. The SMILES string of the molecule is O=C1c2cccc(-n3c4ccccc4c4cccc(-c5cc(C(F)(F)F)cc(C(F)(F)F)c5)c43)c2C(=O)N1c1ccccc1. The van der Waals surface area contributed by atoms with Crippen molar-refractivity contribution in [3.63, 3.8) is 0 Å². The van der Waals surface area contributed by atoms with Gasteiger partial charge in [0.05, 0.1) is 44.7 Å². The molecule has 0 unspecified atom stereocenters. The number of amides is 2. The zero-order valence-corrected chi connectivity index (χ0v) is 22.4. The molecule has 0 saturated heterocycles. The van der Waals surface area contributed by atoms with Crippen LogP contribution in [0.3, 0.4) is 0 Å². The average molecular weight is 601 g/mol. The molecule has 0 atom stereocenters. The van der Waals surface area contributed by atoms with E-state index in [1.54, 1.807) is 83.4 Å². The van der Waals surface area contributed by atoms with Crippen molar-refractivity contribution in [1.29, 1.82) is 0 Å². The Bertz CT molecular complexity index is 2110. The Morgan fingerprint density at radius 1 is 0.545 bits per heavy atom. The molecule has 218 valence electrons. The lowest BCUT2D eigenvalue weighted by Gasteiger charge is -2.17. The van der Waals surface area contributed by atoms with E-state index in [9.17, 15) is 35.9 Å². The van der Waals surface area contributed by atoms with E-state index >= 15 is 0 Å². The molecule has 1 aromatic heterocycles. The lowest BCUT2D eigenvalue weighted by Crippen LogP contribution is -2.29. The molecule has 7 rings (SSSR count). The lowest BCUT2D eigenvalue weighted by atomic mass is 9.97. The highest BCUT2D eigenvalue weighted by Gasteiger charge is 2.40. The van der Waals surface area contributed by atoms with Crippen molar-refractivity contribution in [2.45, 2.75) is 12.4 Å². The molecule has 0 bridgehead atoms. The largest absolute Gasteiger partial charge is 0.416 e. The van der Waals surface area contributed by atoms with Gasteiger partial charge in [-0.15, -0.1) is 0 Å². The molecule has 10 heteroatoms. The molecule has 44 heavy (non-hydrogen) atoms. The summed E-state index contributed by atoms with van der Waals surface area (Å²) in [6.07, 6.45) is -10.1. The first-order chi connectivity index (χ1) is 20.9. The molecule has 0 aliphatic carbocycles. The molecule has 0 N–H and O–H groups in total. The summed E-state index contributed by atoms with van der Waals surface area (Å²) in [5.74, 6) is -1.15. The Morgan fingerprint density at radius 3 is 1.82 bits per heavy atom. The molecule has 2 heterocycles. The monoisotopic (exact) mass is 600 g/mol. The minimum atomic E-state index is -5.04. The lowest BCUT2D eigenvalue weighted by molar-refractivity contribution is -0.143. The van der Waals surface area contributed by atoms with Gasteiger partial charge in [-0.2, -0.15) is 26.3 Å². The highest BCUT2D eigenvalue weighted by Crippen LogP contribution is 2.44. The van der Waals surface area contributed by atoms with Gasteiger partial charge in [0.25, 0.3) is 11.8 Å². The third kappa shape index (κ3) is 4.16. The molecular formula is C34H18F6N2O2. The number of aromatic nitrogens is 1. The van der Waals surface area contributed by atoms with Gasteiger partial charge in [0.1, 0.15) is 0 Å². The fourth-order valence-corrected chi connectivity index (χ4v) is 5.88. The second-order valence-electron chi connectivity index (χ2n) is 10.3. The van der Waals surface area contributed by atoms with Gasteiger partial charge in [-0.1, -0.05) is 60.7 Å². The average Bonchev–Trinajstić information content (AvgIpc) is 3.47. The maximum Gasteiger partial charge on any atom is 0.416 e. The van der Waals surface area contributed by atoms with Gasteiger partial charge in [0.2, 0.25) is 0 Å². The fourth-order valence-electron chi connectivity index (χ4n) is 5.88. The Labute approximate surface area is 245 Å². The van der Waals surface area contributed by atoms with Crippen LogP contribution in [0.25, 0.3) is 38.6 Å². The highest BCUT2D eigenvalue weighted by atomic mass is 19.4. The number of benzene rings is 5. The number of fused-ring (bicyclic) bond motifs is 4. The van der Waals surface area contributed by atoms with Crippen LogP contribution < -0.4 is 4.90 Å². The number of carbonyl (C=O) groups is 2. The second-order valence-corrected chi connectivity index (χ2v) is 10.3. The van der Waals surface area contributed by atoms with Crippen molar-refractivity contribution in [2.24, 2.45) is 0 Å². The number of rotatable bonds is 3. The van der Waals surface area contributed by atoms with Gasteiger partial charge in [-0.25, -0.2) is 4.90 Å².